The number of carbonyl (C=O) groups excluding carboxylic acids is 2. The molecular weight excluding hydrogens is 336 g/mol. The summed E-state index contributed by atoms with van der Waals surface area (Å²) < 4.78 is 22.9. The van der Waals surface area contributed by atoms with Gasteiger partial charge in [-0.25, -0.2) is 0 Å². The Labute approximate surface area is 149 Å². The van der Waals surface area contributed by atoms with Crippen LogP contribution in [0.3, 0.4) is 0 Å². The lowest BCUT2D eigenvalue weighted by Gasteiger charge is -2.36. The van der Waals surface area contributed by atoms with Gasteiger partial charge in [-0.3, -0.25) is 9.59 Å². The van der Waals surface area contributed by atoms with E-state index >= 15 is 0 Å². The van der Waals surface area contributed by atoms with Gasteiger partial charge in [0.1, 0.15) is 23.0 Å². The fourth-order valence-corrected chi connectivity index (χ4v) is 3.54. The molecule has 0 saturated heterocycles. The highest BCUT2D eigenvalue weighted by molar-refractivity contribution is 6.07. The van der Waals surface area contributed by atoms with Crippen molar-refractivity contribution in [1.82, 2.24) is 0 Å². The molecule has 0 bridgehead atoms. The first kappa shape index (κ1) is 16.4. The van der Waals surface area contributed by atoms with E-state index in [-0.39, 0.29) is 0 Å². The zero-order chi connectivity index (χ0) is 18.4. The summed E-state index contributed by atoms with van der Waals surface area (Å²) >= 11 is 0. The monoisotopic (exact) mass is 354 g/mol. The van der Waals surface area contributed by atoms with Crippen LogP contribution in [0, 0.1) is 0 Å². The van der Waals surface area contributed by atoms with Crippen LogP contribution in [-0.4, -0.2) is 24.1 Å². The van der Waals surface area contributed by atoms with E-state index in [0.717, 1.165) is 16.4 Å². The van der Waals surface area contributed by atoms with Crippen molar-refractivity contribution in [3.63, 3.8) is 0 Å². The second kappa shape index (κ2) is 6.05. The van der Waals surface area contributed by atoms with Crippen LogP contribution in [-0.2, 0) is 19.1 Å². The molecule has 26 heavy (non-hydrogen) atoms. The predicted molar refractivity (Wildman–Crippen MR) is 93.9 cm³/mol. The van der Waals surface area contributed by atoms with Gasteiger partial charge < -0.3 is 18.6 Å². The lowest BCUT2D eigenvalue weighted by molar-refractivity contribution is -0.176. The number of carbonyl (C=O) groups is 2. The van der Waals surface area contributed by atoms with Gasteiger partial charge >= 0.3 is 11.9 Å². The van der Waals surface area contributed by atoms with Crippen molar-refractivity contribution in [3.8, 4) is 5.75 Å². The van der Waals surface area contributed by atoms with Gasteiger partial charge in [0.15, 0.2) is 12.2 Å². The van der Waals surface area contributed by atoms with Gasteiger partial charge in [0.2, 0.25) is 0 Å². The van der Waals surface area contributed by atoms with E-state index in [4.69, 9.17) is 18.6 Å². The smallest absolute Gasteiger partial charge is 0.303 e. The second-order valence-electron chi connectivity index (χ2n) is 6.38. The van der Waals surface area contributed by atoms with Crippen LogP contribution < -0.4 is 4.74 Å². The lowest BCUT2D eigenvalue weighted by Crippen LogP contribution is -2.43. The molecule has 0 aliphatic carbocycles. The Morgan fingerprint density at radius 3 is 2.42 bits per heavy atom. The highest BCUT2D eigenvalue weighted by Gasteiger charge is 2.42. The lowest BCUT2D eigenvalue weighted by atomic mass is 9.92. The van der Waals surface area contributed by atoms with E-state index < -0.39 is 30.3 Å². The number of fused-ring (bicyclic) bond motifs is 5. The van der Waals surface area contributed by atoms with Crippen LogP contribution >= 0.6 is 0 Å². The molecule has 2 heterocycles. The van der Waals surface area contributed by atoms with Crippen molar-refractivity contribution in [2.45, 2.75) is 39.1 Å². The topological polar surface area (TPSA) is 75.0 Å². The van der Waals surface area contributed by atoms with Gasteiger partial charge in [-0.2, -0.15) is 0 Å². The quantitative estimate of drug-likeness (QED) is 0.650. The molecule has 0 saturated carbocycles. The highest BCUT2D eigenvalue weighted by Crippen LogP contribution is 2.46. The third-order valence-corrected chi connectivity index (χ3v) is 4.50. The number of para-hydroxylation sites is 1. The Morgan fingerprint density at radius 1 is 0.962 bits per heavy atom. The van der Waals surface area contributed by atoms with Crippen LogP contribution in [0.1, 0.15) is 32.4 Å². The summed E-state index contributed by atoms with van der Waals surface area (Å²) in [6.45, 7) is 4.43. The molecule has 0 amide bonds. The number of hydrogen-bond acceptors (Lipinski definition) is 6. The molecule has 0 spiro atoms. The molecule has 0 N–H and O–H groups in total. The number of esters is 2. The molecule has 6 heteroatoms. The van der Waals surface area contributed by atoms with Crippen LogP contribution in [0.25, 0.3) is 21.9 Å². The molecule has 4 rings (SSSR count). The molecule has 0 radical (unpaired) electrons. The van der Waals surface area contributed by atoms with E-state index in [1.54, 1.807) is 13.0 Å². The summed E-state index contributed by atoms with van der Waals surface area (Å²) in [6.07, 6.45) is -1.99. The van der Waals surface area contributed by atoms with Gasteiger partial charge in [-0.15, -0.1) is 0 Å². The maximum Gasteiger partial charge on any atom is 0.303 e. The molecule has 3 atom stereocenters. The minimum Gasteiger partial charge on any atom is -0.486 e. The van der Waals surface area contributed by atoms with E-state index in [2.05, 4.69) is 0 Å². The number of rotatable bonds is 2. The Hall–Kier alpha value is -3.02. The Kier molecular flexibility index (Phi) is 3.83. The minimum atomic E-state index is -0.778. The standard InChI is InChI=1S/C20H18O6/c1-10-19(24-11(2)21)20(25-12(3)22)18-16(23-10)9-8-15-17(18)13-6-4-5-7-14(13)26-15/h4-10,19-20H,1-3H3/t10?,19-,20-/m1/s1. The number of ether oxygens (including phenoxy) is 3. The predicted octanol–water partition coefficient (Wildman–Crippen LogP) is 3.90. The van der Waals surface area contributed by atoms with Crippen molar-refractivity contribution in [2.75, 3.05) is 0 Å². The summed E-state index contributed by atoms with van der Waals surface area (Å²) in [5.74, 6) is -0.335. The largest absolute Gasteiger partial charge is 0.486 e. The zero-order valence-electron chi connectivity index (χ0n) is 14.6. The number of hydrogen-bond donors (Lipinski definition) is 0. The molecule has 0 fully saturated rings. The van der Waals surface area contributed by atoms with Gasteiger partial charge in [0, 0.05) is 24.6 Å². The van der Waals surface area contributed by atoms with Gasteiger partial charge in [-0.1, -0.05) is 18.2 Å². The Morgan fingerprint density at radius 2 is 1.69 bits per heavy atom. The molecule has 2 aromatic carbocycles. The van der Waals surface area contributed by atoms with Crippen molar-refractivity contribution < 1.29 is 28.2 Å². The summed E-state index contributed by atoms with van der Waals surface area (Å²) in [6, 6.07) is 11.2. The molecule has 1 aliphatic heterocycles. The summed E-state index contributed by atoms with van der Waals surface area (Å²) in [4.78, 5) is 23.4. The van der Waals surface area contributed by atoms with Crippen LogP contribution in [0.2, 0.25) is 0 Å². The fourth-order valence-electron chi connectivity index (χ4n) is 3.54. The highest BCUT2D eigenvalue weighted by atomic mass is 16.6. The van der Waals surface area contributed by atoms with Crippen molar-refractivity contribution in [1.29, 1.82) is 0 Å². The number of furan rings is 1. The molecule has 1 aliphatic rings. The molecule has 134 valence electrons. The summed E-state index contributed by atoms with van der Waals surface area (Å²) in [5, 5.41) is 1.68. The maximum atomic E-state index is 11.8. The molecule has 3 aromatic rings. The van der Waals surface area contributed by atoms with Crippen LogP contribution in [0.4, 0.5) is 0 Å². The van der Waals surface area contributed by atoms with E-state index in [0.29, 0.717) is 16.9 Å². The second-order valence-corrected chi connectivity index (χ2v) is 6.38. The average molecular weight is 354 g/mol. The fraction of sp³-hybridized carbons (Fsp3) is 0.300. The van der Waals surface area contributed by atoms with E-state index in [1.807, 2.05) is 30.3 Å². The average Bonchev–Trinajstić information content (AvgIpc) is 2.95. The number of benzene rings is 2. The van der Waals surface area contributed by atoms with Crippen LogP contribution in [0.15, 0.2) is 40.8 Å². The molecular formula is C20H18O6. The zero-order valence-corrected chi connectivity index (χ0v) is 14.6. The molecule has 6 nitrogen and oxygen atoms in total. The molecule has 1 aromatic heterocycles. The maximum absolute atomic E-state index is 11.8. The normalized spacial score (nSPS) is 21.9. The van der Waals surface area contributed by atoms with Gasteiger partial charge in [0.25, 0.3) is 0 Å². The van der Waals surface area contributed by atoms with Gasteiger partial charge in [0.05, 0.1) is 5.56 Å². The first-order valence-electron chi connectivity index (χ1n) is 8.41. The summed E-state index contributed by atoms with van der Waals surface area (Å²) in [7, 11) is 0. The van der Waals surface area contributed by atoms with E-state index in [9.17, 15) is 9.59 Å². The van der Waals surface area contributed by atoms with Gasteiger partial charge in [-0.05, 0) is 25.1 Å². The first-order chi connectivity index (χ1) is 12.5. The third kappa shape index (κ3) is 2.58. The van der Waals surface area contributed by atoms with Crippen molar-refractivity contribution >= 4 is 33.9 Å². The molecule has 1 unspecified atom stereocenters. The van der Waals surface area contributed by atoms with Crippen molar-refractivity contribution in [2.24, 2.45) is 0 Å². The summed E-state index contributed by atoms with van der Waals surface area (Å²) in [5.41, 5.74) is 2.04. The van der Waals surface area contributed by atoms with E-state index in [1.165, 1.54) is 13.8 Å². The Bertz CT molecular complexity index is 1020. The van der Waals surface area contributed by atoms with Crippen LogP contribution in [0.5, 0.6) is 5.75 Å². The minimum absolute atomic E-state index is 0.461. The first-order valence-corrected chi connectivity index (χ1v) is 8.41. The van der Waals surface area contributed by atoms with Crippen molar-refractivity contribution in [3.05, 3.63) is 42.0 Å². The third-order valence-electron chi connectivity index (χ3n) is 4.50. The SMILES string of the molecule is CC(=O)O[C@@H]1c2c(ccc3oc4ccccc4c23)OC(C)[C@H]1OC(C)=O. The Balaban J connectivity index is 2.00.